The van der Waals surface area contributed by atoms with Crippen LogP contribution in [0.4, 0.5) is 0 Å². The second-order valence-electron chi connectivity index (χ2n) is 6.05. The van der Waals surface area contributed by atoms with Crippen LogP contribution in [0.1, 0.15) is 17.0 Å². The Balaban J connectivity index is 2.01. The average molecular weight is 373 g/mol. The third-order valence-corrected chi connectivity index (χ3v) is 4.93. The van der Waals surface area contributed by atoms with Crippen LogP contribution >= 0.6 is 11.6 Å². The van der Waals surface area contributed by atoms with E-state index >= 15 is 0 Å². The third kappa shape index (κ3) is 2.62. The molecule has 2 aromatic carbocycles. The lowest BCUT2D eigenvalue weighted by Gasteiger charge is -2.26. The van der Waals surface area contributed by atoms with Crippen LogP contribution in [-0.4, -0.2) is 4.98 Å². The number of nitrogens with two attached hydrogens (primary N) is 1. The number of ether oxygens (including phenoxy) is 1. The summed E-state index contributed by atoms with van der Waals surface area (Å²) in [6, 6.07) is 19.1. The molecule has 6 heteroatoms. The van der Waals surface area contributed by atoms with Gasteiger partial charge in [0.25, 0.3) is 0 Å². The topological polar surface area (TPSA) is 98.6 Å². The molecule has 1 aliphatic heterocycles. The number of aromatic nitrogens is 1. The fourth-order valence-electron chi connectivity index (χ4n) is 3.35. The molecule has 0 radical (unpaired) electrons. The van der Waals surface area contributed by atoms with Crippen LogP contribution in [0.25, 0.3) is 16.7 Å². The molecule has 130 valence electrons. The van der Waals surface area contributed by atoms with Gasteiger partial charge in [0, 0.05) is 27.7 Å². The van der Waals surface area contributed by atoms with Crippen LogP contribution in [0.2, 0.25) is 5.02 Å². The Morgan fingerprint density at radius 1 is 1.00 bits per heavy atom. The highest BCUT2D eigenvalue weighted by molar-refractivity contribution is 6.31. The van der Waals surface area contributed by atoms with Crippen molar-refractivity contribution < 1.29 is 4.74 Å². The SMILES string of the molecule is N#CC1=C(N)OC(c2c[nH]c3ccccc23)=C(C#N)C1c1ccccc1Cl. The lowest BCUT2D eigenvalue weighted by molar-refractivity contribution is 0.358. The maximum atomic E-state index is 9.94. The van der Waals surface area contributed by atoms with E-state index in [1.165, 1.54) is 0 Å². The van der Waals surface area contributed by atoms with Gasteiger partial charge >= 0.3 is 0 Å². The zero-order chi connectivity index (χ0) is 19.0. The van der Waals surface area contributed by atoms with Crippen molar-refractivity contribution >= 4 is 28.3 Å². The Labute approximate surface area is 160 Å². The van der Waals surface area contributed by atoms with Gasteiger partial charge in [0.15, 0.2) is 5.76 Å². The number of halogens is 1. The van der Waals surface area contributed by atoms with Crippen molar-refractivity contribution in [3.05, 3.63) is 87.9 Å². The maximum absolute atomic E-state index is 9.94. The Hall–Kier alpha value is -3.67. The van der Waals surface area contributed by atoms with Crippen LogP contribution in [0, 0.1) is 22.7 Å². The maximum Gasteiger partial charge on any atom is 0.205 e. The second-order valence-corrected chi connectivity index (χ2v) is 6.46. The molecule has 0 fully saturated rings. The molecule has 1 aliphatic rings. The van der Waals surface area contributed by atoms with Gasteiger partial charge in [-0.05, 0) is 17.7 Å². The Kier molecular flexibility index (Phi) is 4.08. The molecule has 5 nitrogen and oxygen atoms in total. The van der Waals surface area contributed by atoms with Crippen molar-refractivity contribution in [1.29, 1.82) is 10.5 Å². The van der Waals surface area contributed by atoms with Gasteiger partial charge in [-0.25, -0.2) is 0 Å². The summed E-state index contributed by atoms with van der Waals surface area (Å²) in [5.74, 6) is -0.385. The summed E-state index contributed by atoms with van der Waals surface area (Å²) in [5.41, 5.74) is 8.77. The van der Waals surface area contributed by atoms with Crippen LogP contribution in [0.5, 0.6) is 0 Å². The van der Waals surface area contributed by atoms with Gasteiger partial charge < -0.3 is 15.5 Å². The molecule has 2 heterocycles. The van der Waals surface area contributed by atoms with Crippen molar-refractivity contribution in [2.75, 3.05) is 0 Å². The van der Waals surface area contributed by atoms with Crippen molar-refractivity contribution in [2.45, 2.75) is 5.92 Å². The third-order valence-electron chi connectivity index (χ3n) is 4.59. The molecule has 0 saturated carbocycles. The minimum Gasteiger partial charge on any atom is -0.439 e. The summed E-state index contributed by atoms with van der Waals surface area (Å²) in [7, 11) is 0. The predicted octanol–water partition coefficient (Wildman–Crippen LogP) is 4.56. The molecule has 3 aromatic rings. The first-order chi connectivity index (χ1) is 13.2. The molecule has 0 aliphatic carbocycles. The number of hydrogen-bond donors (Lipinski definition) is 2. The molecule has 3 N–H and O–H groups in total. The Bertz CT molecular complexity index is 1210. The van der Waals surface area contributed by atoms with Gasteiger partial charge in [0.2, 0.25) is 5.88 Å². The molecule has 1 atom stereocenters. The summed E-state index contributed by atoms with van der Waals surface area (Å²) in [6.07, 6.45) is 1.77. The van der Waals surface area contributed by atoms with E-state index in [-0.39, 0.29) is 11.5 Å². The monoisotopic (exact) mass is 372 g/mol. The summed E-state index contributed by atoms with van der Waals surface area (Å²) < 4.78 is 5.77. The minimum atomic E-state index is -0.689. The zero-order valence-corrected chi connectivity index (χ0v) is 14.8. The molecule has 4 rings (SSSR count). The quantitative estimate of drug-likeness (QED) is 0.688. The van der Waals surface area contributed by atoms with Gasteiger partial charge in [-0.15, -0.1) is 0 Å². The molecule has 0 bridgehead atoms. The first-order valence-electron chi connectivity index (χ1n) is 8.18. The van der Waals surface area contributed by atoms with Crippen molar-refractivity contribution in [2.24, 2.45) is 5.73 Å². The Morgan fingerprint density at radius 3 is 2.44 bits per heavy atom. The van der Waals surface area contributed by atoms with E-state index in [0.29, 0.717) is 27.5 Å². The fraction of sp³-hybridized carbons (Fsp3) is 0.0476. The van der Waals surface area contributed by atoms with Crippen LogP contribution in [0.3, 0.4) is 0 Å². The molecule has 0 saturated heterocycles. The number of para-hydroxylation sites is 1. The van der Waals surface area contributed by atoms with Crippen LogP contribution in [-0.2, 0) is 4.74 Å². The highest BCUT2D eigenvalue weighted by Gasteiger charge is 2.35. The number of hydrogen-bond acceptors (Lipinski definition) is 4. The first-order valence-corrected chi connectivity index (χ1v) is 8.56. The molecule has 0 amide bonds. The molecule has 27 heavy (non-hydrogen) atoms. The summed E-state index contributed by atoms with van der Waals surface area (Å²) >= 11 is 6.37. The number of nitrogens with one attached hydrogen (secondary N) is 1. The van der Waals surface area contributed by atoms with Gasteiger partial charge in [0.05, 0.1) is 17.6 Å². The van der Waals surface area contributed by atoms with E-state index in [1.807, 2.05) is 30.3 Å². The minimum absolute atomic E-state index is 0.0262. The van der Waals surface area contributed by atoms with Crippen molar-refractivity contribution in [3.63, 3.8) is 0 Å². The fourth-order valence-corrected chi connectivity index (χ4v) is 3.60. The second kappa shape index (κ2) is 6.57. The summed E-state index contributed by atoms with van der Waals surface area (Å²) in [4.78, 5) is 3.16. The number of nitriles is 2. The van der Waals surface area contributed by atoms with Crippen molar-refractivity contribution in [3.8, 4) is 12.1 Å². The van der Waals surface area contributed by atoms with Crippen LogP contribution in [0.15, 0.2) is 71.8 Å². The zero-order valence-electron chi connectivity index (χ0n) is 14.0. The van der Waals surface area contributed by atoms with Gasteiger partial charge in [-0.2, -0.15) is 10.5 Å². The molecular weight excluding hydrogens is 360 g/mol. The van der Waals surface area contributed by atoms with Gasteiger partial charge in [-0.1, -0.05) is 48.0 Å². The number of H-pyrrole nitrogens is 1. The number of allylic oxidation sites excluding steroid dienone is 2. The van der Waals surface area contributed by atoms with E-state index in [1.54, 1.807) is 24.4 Å². The summed E-state index contributed by atoms with van der Waals surface area (Å²) in [6.45, 7) is 0. The smallest absolute Gasteiger partial charge is 0.205 e. The van der Waals surface area contributed by atoms with Gasteiger partial charge in [0.1, 0.15) is 11.6 Å². The number of aromatic amines is 1. The number of nitrogens with zero attached hydrogens (tertiary/aromatic N) is 2. The van der Waals surface area contributed by atoms with Crippen LogP contribution < -0.4 is 5.73 Å². The van der Waals surface area contributed by atoms with E-state index < -0.39 is 5.92 Å². The van der Waals surface area contributed by atoms with E-state index in [2.05, 4.69) is 17.1 Å². The number of benzene rings is 2. The highest BCUT2D eigenvalue weighted by atomic mass is 35.5. The molecular formula is C21H13ClN4O. The van der Waals surface area contributed by atoms with E-state index in [9.17, 15) is 10.5 Å². The van der Waals surface area contributed by atoms with Gasteiger partial charge in [-0.3, -0.25) is 0 Å². The highest BCUT2D eigenvalue weighted by Crippen LogP contribution is 2.44. The molecule has 1 unspecified atom stereocenters. The van der Waals surface area contributed by atoms with E-state index in [4.69, 9.17) is 22.1 Å². The normalized spacial score (nSPS) is 16.8. The summed E-state index contributed by atoms with van der Waals surface area (Å²) in [5, 5.41) is 20.9. The number of rotatable bonds is 2. The average Bonchev–Trinajstić information content (AvgIpc) is 3.11. The van der Waals surface area contributed by atoms with E-state index in [0.717, 1.165) is 10.9 Å². The first kappa shape index (κ1) is 16.8. The standard InChI is InChI=1S/C21H13ClN4O/c22-17-7-3-1-6-13(17)19-14(9-23)20(27-21(25)15(19)10-24)16-11-26-18-8-4-2-5-12(16)18/h1-8,11,19,26H,25H2. The molecule has 1 aromatic heterocycles. The lowest BCUT2D eigenvalue weighted by atomic mass is 9.82. The molecule has 0 spiro atoms. The predicted molar refractivity (Wildman–Crippen MR) is 103 cm³/mol. The Morgan fingerprint density at radius 2 is 1.70 bits per heavy atom. The number of fused-ring (bicyclic) bond motifs is 1. The van der Waals surface area contributed by atoms with Crippen molar-refractivity contribution in [1.82, 2.24) is 4.98 Å². The lowest BCUT2D eigenvalue weighted by Crippen LogP contribution is -2.20. The largest absolute Gasteiger partial charge is 0.439 e.